The van der Waals surface area contributed by atoms with Crippen molar-refractivity contribution in [2.75, 3.05) is 53.0 Å². The minimum Gasteiger partial charge on any atom is -0.491 e. The molecule has 2 unspecified atom stereocenters. The lowest BCUT2D eigenvalue weighted by Gasteiger charge is -2.49. The molecule has 3 heterocycles. The lowest BCUT2D eigenvalue weighted by Crippen LogP contribution is -2.62. The van der Waals surface area contributed by atoms with Crippen molar-refractivity contribution >= 4 is 0 Å². The number of rotatable bonds is 6. The van der Waals surface area contributed by atoms with E-state index >= 15 is 0 Å². The molecule has 1 N–H and O–H groups in total. The van der Waals surface area contributed by atoms with Crippen LogP contribution in [-0.2, 0) is 4.74 Å². The molecule has 3 aliphatic rings. The topological polar surface area (TPSA) is 45.2 Å². The number of para-hydroxylation sites is 1. The van der Waals surface area contributed by atoms with Gasteiger partial charge in [0.1, 0.15) is 12.4 Å². The molecule has 2 bridgehead atoms. The molecule has 21 heavy (non-hydrogen) atoms. The largest absolute Gasteiger partial charge is 0.491 e. The predicted molar refractivity (Wildman–Crippen MR) is 80.6 cm³/mol. The number of hydrogen-bond acceptors (Lipinski definition) is 5. The summed E-state index contributed by atoms with van der Waals surface area (Å²) >= 11 is 0. The Kier molecular flexibility index (Phi) is 4.75. The van der Waals surface area contributed by atoms with Crippen LogP contribution in [0.1, 0.15) is 11.7 Å². The molecule has 2 atom stereocenters. The fourth-order valence-corrected chi connectivity index (χ4v) is 3.26. The molecular weight excluding hydrogens is 268 g/mol. The Morgan fingerprint density at radius 2 is 1.95 bits per heavy atom. The summed E-state index contributed by atoms with van der Waals surface area (Å²) in [6.07, 6.45) is -0.508. The van der Waals surface area contributed by atoms with E-state index in [0.717, 1.165) is 44.0 Å². The monoisotopic (exact) mass is 292 g/mol. The van der Waals surface area contributed by atoms with Gasteiger partial charge in [-0.25, -0.2) is 0 Å². The number of fused-ring (bicyclic) bond motifs is 3. The number of nitrogens with zero attached hydrogens (tertiary/aromatic N) is 2. The van der Waals surface area contributed by atoms with E-state index < -0.39 is 6.10 Å². The van der Waals surface area contributed by atoms with Gasteiger partial charge in [-0.15, -0.1) is 0 Å². The third kappa shape index (κ3) is 3.21. The maximum absolute atomic E-state index is 10.8. The number of hydrogen-bond donors (Lipinski definition) is 1. The SMILES string of the molecule is COCCOc1ccccc1C(O)C1CN2CCN1CC2. The average molecular weight is 292 g/mol. The van der Waals surface area contributed by atoms with Gasteiger partial charge < -0.3 is 14.6 Å². The summed E-state index contributed by atoms with van der Waals surface area (Å²) in [5, 5.41) is 10.8. The smallest absolute Gasteiger partial charge is 0.125 e. The van der Waals surface area contributed by atoms with Crippen LogP contribution in [0.25, 0.3) is 0 Å². The zero-order valence-electron chi connectivity index (χ0n) is 12.6. The molecule has 116 valence electrons. The van der Waals surface area contributed by atoms with Gasteiger partial charge in [-0.3, -0.25) is 9.80 Å². The van der Waals surface area contributed by atoms with Gasteiger partial charge in [-0.1, -0.05) is 18.2 Å². The van der Waals surface area contributed by atoms with Crippen LogP contribution in [0.15, 0.2) is 24.3 Å². The van der Waals surface area contributed by atoms with Crippen molar-refractivity contribution in [1.82, 2.24) is 9.80 Å². The van der Waals surface area contributed by atoms with Gasteiger partial charge in [-0.05, 0) is 6.07 Å². The molecule has 4 rings (SSSR count). The summed E-state index contributed by atoms with van der Waals surface area (Å²) in [6.45, 7) is 6.33. The Balaban J connectivity index is 1.73. The normalized spacial score (nSPS) is 29.3. The molecular formula is C16H24N2O3. The first kappa shape index (κ1) is 14.8. The highest BCUT2D eigenvalue weighted by Gasteiger charge is 2.37. The highest BCUT2D eigenvalue weighted by molar-refractivity contribution is 5.36. The van der Waals surface area contributed by atoms with Crippen LogP contribution in [0.5, 0.6) is 5.75 Å². The molecule has 5 heteroatoms. The van der Waals surface area contributed by atoms with Crippen LogP contribution in [0.2, 0.25) is 0 Å². The van der Waals surface area contributed by atoms with Gasteiger partial charge in [0.05, 0.1) is 18.8 Å². The molecule has 0 aromatic heterocycles. The van der Waals surface area contributed by atoms with E-state index in [2.05, 4.69) is 9.80 Å². The third-order valence-corrected chi connectivity index (χ3v) is 4.47. The summed E-state index contributed by atoms with van der Waals surface area (Å²) in [6, 6.07) is 7.95. The van der Waals surface area contributed by atoms with E-state index in [0.29, 0.717) is 13.2 Å². The lowest BCUT2D eigenvalue weighted by atomic mass is 9.96. The van der Waals surface area contributed by atoms with Crippen molar-refractivity contribution in [3.8, 4) is 5.75 Å². The summed E-state index contributed by atoms with van der Waals surface area (Å²) < 4.78 is 10.8. The Morgan fingerprint density at radius 1 is 1.19 bits per heavy atom. The van der Waals surface area contributed by atoms with E-state index in [-0.39, 0.29) is 6.04 Å². The molecule has 3 saturated heterocycles. The van der Waals surface area contributed by atoms with Crippen molar-refractivity contribution in [1.29, 1.82) is 0 Å². The highest BCUT2D eigenvalue weighted by Crippen LogP contribution is 2.32. The molecule has 5 nitrogen and oxygen atoms in total. The molecule has 0 radical (unpaired) electrons. The number of methoxy groups -OCH3 is 1. The van der Waals surface area contributed by atoms with Crippen molar-refractivity contribution in [2.24, 2.45) is 0 Å². The molecule has 0 saturated carbocycles. The maximum Gasteiger partial charge on any atom is 0.125 e. The quantitative estimate of drug-likeness (QED) is 0.784. The predicted octanol–water partition coefficient (Wildman–Crippen LogP) is 0.745. The minimum atomic E-state index is -0.508. The fourth-order valence-electron chi connectivity index (χ4n) is 3.26. The van der Waals surface area contributed by atoms with Crippen LogP contribution in [0, 0.1) is 0 Å². The standard InChI is InChI=1S/C16H24N2O3/c1-20-10-11-21-15-5-3-2-4-13(15)16(19)14-12-17-6-8-18(14)9-7-17/h2-5,14,16,19H,6-12H2,1H3. The molecule has 0 amide bonds. The van der Waals surface area contributed by atoms with Crippen molar-refractivity contribution in [2.45, 2.75) is 12.1 Å². The van der Waals surface area contributed by atoms with Crippen LogP contribution in [0.3, 0.4) is 0 Å². The number of aliphatic hydroxyl groups excluding tert-OH is 1. The van der Waals surface area contributed by atoms with E-state index in [1.807, 2.05) is 24.3 Å². The first-order valence-corrected chi connectivity index (χ1v) is 7.64. The van der Waals surface area contributed by atoms with Crippen molar-refractivity contribution in [3.63, 3.8) is 0 Å². The Morgan fingerprint density at radius 3 is 2.62 bits per heavy atom. The van der Waals surface area contributed by atoms with Crippen molar-refractivity contribution < 1.29 is 14.6 Å². The van der Waals surface area contributed by atoms with E-state index in [1.165, 1.54) is 0 Å². The van der Waals surface area contributed by atoms with E-state index in [9.17, 15) is 5.11 Å². The van der Waals surface area contributed by atoms with Gasteiger partial charge in [0, 0.05) is 45.4 Å². The van der Waals surface area contributed by atoms with Crippen molar-refractivity contribution in [3.05, 3.63) is 29.8 Å². The summed E-state index contributed by atoms with van der Waals surface area (Å²) in [5.41, 5.74) is 0.882. The second kappa shape index (κ2) is 6.75. The molecule has 3 fully saturated rings. The van der Waals surface area contributed by atoms with Crippen LogP contribution >= 0.6 is 0 Å². The van der Waals surface area contributed by atoms with Gasteiger partial charge in [0.25, 0.3) is 0 Å². The van der Waals surface area contributed by atoms with Gasteiger partial charge in [0.15, 0.2) is 0 Å². The van der Waals surface area contributed by atoms with Crippen LogP contribution in [0.4, 0.5) is 0 Å². The summed E-state index contributed by atoms with van der Waals surface area (Å²) in [4.78, 5) is 4.83. The van der Waals surface area contributed by atoms with Gasteiger partial charge >= 0.3 is 0 Å². The fraction of sp³-hybridized carbons (Fsp3) is 0.625. The maximum atomic E-state index is 10.8. The Hall–Kier alpha value is -1.14. The Labute approximate surface area is 126 Å². The second-order valence-electron chi connectivity index (χ2n) is 5.73. The summed E-state index contributed by atoms with van der Waals surface area (Å²) in [5.74, 6) is 0.764. The average Bonchev–Trinajstić information content (AvgIpc) is 2.56. The third-order valence-electron chi connectivity index (χ3n) is 4.47. The Bertz CT molecular complexity index is 461. The summed E-state index contributed by atoms with van der Waals surface area (Å²) in [7, 11) is 1.66. The van der Waals surface area contributed by atoms with E-state index in [1.54, 1.807) is 7.11 Å². The lowest BCUT2D eigenvalue weighted by molar-refractivity contribution is -0.0477. The molecule has 1 aromatic carbocycles. The number of benzene rings is 1. The molecule has 3 aliphatic heterocycles. The minimum absolute atomic E-state index is 0.166. The molecule has 1 aromatic rings. The van der Waals surface area contributed by atoms with Gasteiger partial charge in [-0.2, -0.15) is 0 Å². The first-order valence-electron chi connectivity index (χ1n) is 7.64. The number of aliphatic hydroxyl groups is 1. The second-order valence-corrected chi connectivity index (χ2v) is 5.73. The highest BCUT2D eigenvalue weighted by atomic mass is 16.5. The first-order chi connectivity index (χ1) is 10.3. The number of ether oxygens (including phenoxy) is 2. The van der Waals surface area contributed by atoms with Crippen LogP contribution in [-0.4, -0.2) is 74.0 Å². The van der Waals surface area contributed by atoms with Crippen LogP contribution < -0.4 is 4.74 Å². The number of piperazine rings is 3. The molecule has 0 aliphatic carbocycles. The zero-order chi connectivity index (χ0) is 14.7. The zero-order valence-corrected chi connectivity index (χ0v) is 12.6. The van der Waals surface area contributed by atoms with Gasteiger partial charge in [0.2, 0.25) is 0 Å². The van der Waals surface area contributed by atoms with E-state index in [4.69, 9.17) is 9.47 Å². The molecule has 0 spiro atoms.